The van der Waals surface area contributed by atoms with E-state index in [4.69, 9.17) is 0 Å². The van der Waals surface area contributed by atoms with Crippen LogP contribution in [0.5, 0.6) is 0 Å². The van der Waals surface area contributed by atoms with E-state index in [1.165, 1.54) is 11.5 Å². The monoisotopic (exact) mass is 232 g/mol. The van der Waals surface area contributed by atoms with Gasteiger partial charge in [0.25, 0.3) is 0 Å². The van der Waals surface area contributed by atoms with Crippen LogP contribution in [0.25, 0.3) is 0 Å². The molecule has 1 amide bonds. The minimum atomic E-state index is 0.0505. The largest absolute Gasteiger partial charge is 0.352 e. The van der Waals surface area contributed by atoms with Crippen molar-refractivity contribution in [1.29, 1.82) is 0 Å². The molecule has 0 saturated carbocycles. The number of rotatable bonds is 2. The van der Waals surface area contributed by atoms with Crippen LogP contribution in [0.1, 0.15) is 12.8 Å². The van der Waals surface area contributed by atoms with Gasteiger partial charge in [0.2, 0.25) is 5.91 Å². The summed E-state index contributed by atoms with van der Waals surface area (Å²) in [4.78, 5) is 11.7. The van der Waals surface area contributed by atoms with Gasteiger partial charge in [-0.2, -0.15) is 11.8 Å². The van der Waals surface area contributed by atoms with Crippen LogP contribution in [0.4, 0.5) is 0 Å². The van der Waals surface area contributed by atoms with E-state index >= 15 is 0 Å². The van der Waals surface area contributed by atoms with E-state index < -0.39 is 0 Å². The fourth-order valence-corrected chi connectivity index (χ4v) is 3.76. The molecule has 2 fully saturated rings. The summed E-state index contributed by atoms with van der Waals surface area (Å²) in [5.74, 6) is 4.42. The Bertz CT molecular complexity index is 201. The lowest BCUT2D eigenvalue weighted by Crippen LogP contribution is -2.47. The summed E-state index contributed by atoms with van der Waals surface area (Å²) in [7, 11) is 0. The fraction of sp³-hybridized carbons (Fsp3) is 0.889. The van der Waals surface area contributed by atoms with E-state index in [0.29, 0.717) is 6.04 Å². The number of thioether (sulfide) groups is 2. The van der Waals surface area contributed by atoms with Crippen LogP contribution in [0.3, 0.4) is 0 Å². The first-order valence-corrected chi connectivity index (χ1v) is 7.36. The van der Waals surface area contributed by atoms with Gasteiger partial charge in [0.05, 0.1) is 6.04 Å². The van der Waals surface area contributed by atoms with E-state index in [2.05, 4.69) is 10.6 Å². The molecule has 0 aromatic rings. The predicted octanol–water partition coefficient (Wildman–Crippen LogP) is 0.661. The van der Waals surface area contributed by atoms with Crippen LogP contribution in [-0.2, 0) is 4.79 Å². The maximum Gasteiger partial charge on any atom is 0.238 e. The Hall–Kier alpha value is 0.130. The van der Waals surface area contributed by atoms with Crippen molar-refractivity contribution >= 4 is 29.4 Å². The molecule has 1 atom stereocenters. The lowest BCUT2D eigenvalue weighted by molar-refractivity contribution is -0.123. The molecule has 3 nitrogen and oxygen atoms in total. The second-order valence-corrected chi connectivity index (χ2v) is 5.92. The molecule has 0 spiro atoms. The molecule has 2 rings (SSSR count). The fourth-order valence-electron chi connectivity index (χ4n) is 1.71. The number of nitrogens with one attached hydrogen (secondary N) is 2. The van der Waals surface area contributed by atoms with E-state index in [9.17, 15) is 4.79 Å². The Morgan fingerprint density at radius 3 is 2.71 bits per heavy atom. The predicted molar refractivity (Wildman–Crippen MR) is 62.7 cm³/mol. The third-order valence-corrected chi connectivity index (χ3v) is 4.59. The molecule has 2 aliphatic heterocycles. The molecule has 2 aliphatic rings. The van der Waals surface area contributed by atoms with Gasteiger partial charge in [-0.3, -0.25) is 10.1 Å². The molecular weight excluding hydrogens is 216 g/mol. The van der Waals surface area contributed by atoms with E-state index in [1.807, 2.05) is 11.8 Å². The minimum absolute atomic E-state index is 0.0505. The number of hydrogen-bond donors (Lipinski definition) is 2. The highest BCUT2D eigenvalue weighted by molar-refractivity contribution is 7.99. The van der Waals surface area contributed by atoms with Crippen LogP contribution in [0.2, 0.25) is 0 Å². The number of amides is 1. The Balaban J connectivity index is 1.75. The molecule has 0 aromatic carbocycles. The molecule has 80 valence electrons. The average molecular weight is 232 g/mol. The summed E-state index contributed by atoms with van der Waals surface area (Å²) in [5, 5.41) is 6.32. The highest BCUT2D eigenvalue weighted by atomic mass is 32.2. The maximum absolute atomic E-state index is 11.7. The summed E-state index contributed by atoms with van der Waals surface area (Å²) < 4.78 is 0. The Morgan fingerprint density at radius 1 is 1.29 bits per heavy atom. The summed E-state index contributed by atoms with van der Waals surface area (Å²) in [6.45, 7) is 0. The van der Waals surface area contributed by atoms with Crippen molar-refractivity contribution in [3.05, 3.63) is 0 Å². The van der Waals surface area contributed by atoms with Crippen molar-refractivity contribution in [2.24, 2.45) is 0 Å². The van der Waals surface area contributed by atoms with Crippen LogP contribution < -0.4 is 10.6 Å². The molecule has 0 radical (unpaired) electrons. The van der Waals surface area contributed by atoms with Gasteiger partial charge in [0, 0.05) is 17.7 Å². The third kappa shape index (κ3) is 2.81. The standard InChI is InChI=1S/C9H16N2OS2/c12-9(8-5-14-6-10-8)11-7-1-3-13-4-2-7/h7-8,10H,1-6H2,(H,11,12). The molecule has 14 heavy (non-hydrogen) atoms. The maximum atomic E-state index is 11.7. The Kier molecular flexibility index (Phi) is 4.01. The number of carbonyl (C=O) groups is 1. The molecule has 0 bridgehead atoms. The van der Waals surface area contributed by atoms with Gasteiger partial charge in [-0.25, -0.2) is 0 Å². The van der Waals surface area contributed by atoms with Gasteiger partial charge >= 0.3 is 0 Å². The van der Waals surface area contributed by atoms with Crippen molar-refractivity contribution in [3.8, 4) is 0 Å². The van der Waals surface area contributed by atoms with Crippen molar-refractivity contribution in [1.82, 2.24) is 10.6 Å². The SMILES string of the molecule is O=C(NC1CCSCC1)C1CSCN1. The van der Waals surface area contributed by atoms with Gasteiger partial charge in [-0.1, -0.05) is 0 Å². The van der Waals surface area contributed by atoms with E-state index in [1.54, 1.807) is 11.8 Å². The molecule has 5 heteroatoms. The zero-order chi connectivity index (χ0) is 9.80. The van der Waals surface area contributed by atoms with Crippen molar-refractivity contribution in [3.63, 3.8) is 0 Å². The van der Waals surface area contributed by atoms with E-state index in [-0.39, 0.29) is 11.9 Å². The lowest BCUT2D eigenvalue weighted by atomic mass is 10.1. The second-order valence-electron chi connectivity index (χ2n) is 3.67. The second kappa shape index (κ2) is 5.28. The zero-order valence-corrected chi connectivity index (χ0v) is 9.76. The van der Waals surface area contributed by atoms with Gasteiger partial charge in [-0.15, -0.1) is 11.8 Å². The lowest BCUT2D eigenvalue weighted by Gasteiger charge is -2.23. The third-order valence-electron chi connectivity index (χ3n) is 2.60. The molecule has 1 unspecified atom stereocenters. The normalized spacial score (nSPS) is 29.0. The van der Waals surface area contributed by atoms with Crippen LogP contribution in [0.15, 0.2) is 0 Å². The van der Waals surface area contributed by atoms with Crippen molar-refractivity contribution in [2.45, 2.75) is 24.9 Å². The van der Waals surface area contributed by atoms with Gasteiger partial charge < -0.3 is 5.32 Å². The highest BCUT2D eigenvalue weighted by Crippen LogP contribution is 2.17. The van der Waals surface area contributed by atoms with Gasteiger partial charge in [0.15, 0.2) is 0 Å². The summed E-state index contributed by atoms with van der Waals surface area (Å²) in [5.41, 5.74) is 0. The highest BCUT2D eigenvalue weighted by Gasteiger charge is 2.25. The Morgan fingerprint density at radius 2 is 2.07 bits per heavy atom. The molecule has 0 aromatic heterocycles. The molecule has 0 aliphatic carbocycles. The zero-order valence-electron chi connectivity index (χ0n) is 8.12. The first-order chi connectivity index (χ1) is 6.86. The smallest absolute Gasteiger partial charge is 0.238 e. The number of hydrogen-bond acceptors (Lipinski definition) is 4. The van der Waals surface area contributed by atoms with Crippen LogP contribution in [0, 0.1) is 0 Å². The van der Waals surface area contributed by atoms with E-state index in [0.717, 1.165) is 24.5 Å². The summed E-state index contributed by atoms with van der Waals surface area (Å²) in [6.07, 6.45) is 2.27. The molecule has 2 heterocycles. The molecule has 2 N–H and O–H groups in total. The quantitative estimate of drug-likeness (QED) is 0.734. The van der Waals surface area contributed by atoms with Crippen LogP contribution >= 0.6 is 23.5 Å². The van der Waals surface area contributed by atoms with Crippen molar-refractivity contribution in [2.75, 3.05) is 23.1 Å². The average Bonchev–Trinajstić information content (AvgIpc) is 2.72. The van der Waals surface area contributed by atoms with Gasteiger partial charge in [0.1, 0.15) is 0 Å². The summed E-state index contributed by atoms with van der Waals surface area (Å²) >= 11 is 3.78. The van der Waals surface area contributed by atoms with Gasteiger partial charge in [-0.05, 0) is 24.3 Å². The van der Waals surface area contributed by atoms with Crippen molar-refractivity contribution < 1.29 is 4.79 Å². The Labute approximate surface area is 93.2 Å². The number of carbonyl (C=O) groups excluding carboxylic acids is 1. The molecular formula is C9H16N2OS2. The first-order valence-electron chi connectivity index (χ1n) is 5.05. The van der Waals surface area contributed by atoms with Crippen LogP contribution in [-0.4, -0.2) is 41.1 Å². The topological polar surface area (TPSA) is 41.1 Å². The first kappa shape index (κ1) is 10.6. The summed E-state index contributed by atoms with van der Waals surface area (Å²) in [6, 6.07) is 0.478. The molecule has 2 saturated heterocycles. The minimum Gasteiger partial charge on any atom is -0.352 e.